The molecule has 1 N–H and O–H groups in total. The van der Waals surface area contributed by atoms with Crippen molar-refractivity contribution >= 4 is 17.4 Å². The fourth-order valence-corrected chi connectivity index (χ4v) is 2.86. The molecule has 1 aromatic rings. The number of hydrogen-bond donors (Lipinski definition) is 1. The quantitative estimate of drug-likeness (QED) is 0.864. The number of rotatable bonds is 4. The molecule has 2 rings (SSSR count). The maximum Gasteiger partial charge on any atom is 0.180 e. The molecule has 0 atom stereocenters. The smallest absolute Gasteiger partial charge is 0.180 e. The number of aryl methyl sites for hydroxylation is 1. The number of nitrogens with zero attached hydrogens (tertiary/aromatic N) is 1. The predicted octanol–water partition coefficient (Wildman–Crippen LogP) is 2.05. The van der Waals surface area contributed by atoms with Gasteiger partial charge in [0.15, 0.2) is 5.78 Å². The summed E-state index contributed by atoms with van der Waals surface area (Å²) in [6, 6.07) is 1.84. The normalized spacial score (nSPS) is 16.2. The van der Waals surface area contributed by atoms with E-state index in [9.17, 15) is 4.79 Å². The van der Waals surface area contributed by atoms with Gasteiger partial charge < -0.3 is 10.1 Å². The number of piperazine rings is 1. The van der Waals surface area contributed by atoms with Gasteiger partial charge in [-0.25, -0.2) is 0 Å². The van der Waals surface area contributed by atoms with Gasteiger partial charge in [-0.1, -0.05) is 11.6 Å². The Balaban J connectivity index is 2.28. The second kappa shape index (κ2) is 6.57. The van der Waals surface area contributed by atoms with Crippen LogP contribution in [0.1, 0.15) is 21.5 Å². The van der Waals surface area contributed by atoms with E-state index < -0.39 is 0 Å². The lowest BCUT2D eigenvalue weighted by molar-refractivity contribution is 0.0917. The van der Waals surface area contributed by atoms with Crippen molar-refractivity contribution in [3.63, 3.8) is 0 Å². The molecule has 1 fully saturated rings. The van der Waals surface area contributed by atoms with E-state index in [2.05, 4.69) is 10.2 Å². The molecule has 5 heteroatoms. The first kappa shape index (κ1) is 15.3. The molecule has 0 radical (unpaired) electrons. The van der Waals surface area contributed by atoms with Crippen LogP contribution in [0.25, 0.3) is 0 Å². The largest absolute Gasteiger partial charge is 0.496 e. The lowest BCUT2D eigenvalue weighted by Gasteiger charge is -2.27. The van der Waals surface area contributed by atoms with Crippen LogP contribution in [0.15, 0.2) is 6.07 Å². The molecule has 0 amide bonds. The molecular formula is C15H21ClN2O2. The average molecular weight is 297 g/mol. The molecule has 4 nitrogen and oxygen atoms in total. The predicted molar refractivity (Wildman–Crippen MR) is 81.1 cm³/mol. The highest BCUT2D eigenvalue weighted by atomic mass is 35.5. The SMILES string of the molecule is COc1c(C)cc(Cl)c(C)c1C(=O)CN1CCNCC1. The third kappa shape index (κ3) is 3.14. The molecule has 1 aliphatic rings. The Morgan fingerprint density at radius 2 is 2.05 bits per heavy atom. The molecule has 0 spiro atoms. The van der Waals surface area contributed by atoms with Gasteiger partial charge in [0.2, 0.25) is 0 Å². The van der Waals surface area contributed by atoms with E-state index in [0.29, 0.717) is 22.9 Å². The van der Waals surface area contributed by atoms with Crippen molar-refractivity contribution in [2.45, 2.75) is 13.8 Å². The van der Waals surface area contributed by atoms with Crippen molar-refractivity contribution in [2.75, 3.05) is 39.8 Å². The van der Waals surface area contributed by atoms with Crippen molar-refractivity contribution in [2.24, 2.45) is 0 Å². The van der Waals surface area contributed by atoms with Crippen LogP contribution in [0, 0.1) is 13.8 Å². The van der Waals surface area contributed by atoms with Crippen LogP contribution >= 0.6 is 11.6 Å². The first-order chi connectivity index (χ1) is 9.54. The van der Waals surface area contributed by atoms with Gasteiger partial charge in [-0.3, -0.25) is 9.69 Å². The van der Waals surface area contributed by atoms with E-state index in [0.717, 1.165) is 37.3 Å². The van der Waals surface area contributed by atoms with Gasteiger partial charge in [0.05, 0.1) is 19.2 Å². The first-order valence-electron chi connectivity index (χ1n) is 6.84. The molecule has 1 aliphatic heterocycles. The maximum atomic E-state index is 12.6. The van der Waals surface area contributed by atoms with Crippen molar-refractivity contribution in [1.29, 1.82) is 0 Å². The van der Waals surface area contributed by atoms with E-state index in [4.69, 9.17) is 16.3 Å². The molecule has 110 valence electrons. The summed E-state index contributed by atoms with van der Waals surface area (Å²) in [4.78, 5) is 14.8. The van der Waals surface area contributed by atoms with E-state index in [-0.39, 0.29) is 5.78 Å². The molecular weight excluding hydrogens is 276 g/mol. The Hall–Kier alpha value is -1.10. The number of benzene rings is 1. The lowest BCUT2D eigenvalue weighted by Crippen LogP contribution is -2.45. The summed E-state index contributed by atoms with van der Waals surface area (Å²) in [6.45, 7) is 7.84. The molecule has 1 heterocycles. The average Bonchev–Trinajstić information content (AvgIpc) is 2.43. The van der Waals surface area contributed by atoms with Crippen LogP contribution in [0.4, 0.5) is 0 Å². The van der Waals surface area contributed by atoms with Crippen LogP contribution in [-0.2, 0) is 0 Å². The standard InChI is InChI=1S/C15H21ClN2O2/c1-10-8-12(16)11(2)14(15(10)20-3)13(19)9-18-6-4-17-5-7-18/h8,17H,4-7,9H2,1-3H3. The van der Waals surface area contributed by atoms with Gasteiger partial charge in [-0.05, 0) is 31.0 Å². The number of Topliss-reactive ketones (excluding diaryl/α,β-unsaturated/α-hetero) is 1. The van der Waals surface area contributed by atoms with Crippen molar-refractivity contribution < 1.29 is 9.53 Å². The van der Waals surface area contributed by atoms with E-state index in [1.54, 1.807) is 7.11 Å². The van der Waals surface area contributed by atoms with Crippen LogP contribution in [0.3, 0.4) is 0 Å². The number of nitrogens with one attached hydrogen (secondary N) is 1. The second-order valence-electron chi connectivity index (χ2n) is 5.16. The minimum absolute atomic E-state index is 0.0758. The first-order valence-corrected chi connectivity index (χ1v) is 7.22. The van der Waals surface area contributed by atoms with Crippen LogP contribution in [0.2, 0.25) is 5.02 Å². The fraction of sp³-hybridized carbons (Fsp3) is 0.533. The van der Waals surface area contributed by atoms with Crippen molar-refractivity contribution in [1.82, 2.24) is 10.2 Å². The minimum Gasteiger partial charge on any atom is -0.496 e. The number of halogens is 1. The topological polar surface area (TPSA) is 41.6 Å². The van der Waals surface area contributed by atoms with Gasteiger partial charge in [0.1, 0.15) is 5.75 Å². The van der Waals surface area contributed by atoms with Gasteiger partial charge in [0.25, 0.3) is 0 Å². The second-order valence-corrected chi connectivity index (χ2v) is 5.57. The van der Waals surface area contributed by atoms with Gasteiger partial charge in [0, 0.05) is 31.2 Å². The zero-order valence-corrected chi connectivity index (χ0v) is 13.0. The Kier molecular flexibility index (Phi) is 5.02. The number of carbonyl (C=O) groups excluding carboxylic acids is 1. The zero-order chi connectivity index (χ0) is 14.7. The number of carbonyl (C=O) groups is 1. The molecule has 20 heavy (non-hydrogen) atoms. The highest BCUT2D eigenvalue weighted by Crippen LogP contribution is 2.32. The molecule has 1 aromatic carbocycles. The minimum atomic E-state index is 0.0758. The fourth-order valence-electron chi connectivity index (χ4n) is 2.60. The third-order valence-corrected chi connectivity index (χ3v) is 4.11. The summed E-state index contributed by atoms with van der Waals surface area (Å²) in [6.07, 6.45) is 0. The van der Waals surface area contributed by atoms with E-state index >= 15 is 0 Å². The zero-order valence-electron chi connectivity index (χ0n) is 12.3. The van der Waals surface area contributed by atoms with Crippen molar-refractivity contribution in [3.8, 4) is 5.75 Å². The number of methoxy groups -OCH3 is 1. The van der Waals surface area contributed by atoms with Gasteiger partial charge >= 0.3 is 0 Å². The summed E-state index contributed by atoms with van der Waals surface area (Å²) >= 11 is 6.20. The van der Waals surface area contributed by atoms with Gasteiger partial charge in [-0.15, -0.1) is 0 Å². The molecule has 0 unspecified atom stereocenters. The maximum absolute atomic E-state index is 12.6. The van der Waals surface area contributed by atoms with E-state index in [1.807, 2.05) is 19.9 Å². The molecule has 0 aliphatic carbocycles. The Morgan fingerprint density at radius 3 is 2.65 bits per heavy atom. The van der Waals surface area contributed by atoms with Crippen LogP contribution in [0.5, 0.6) is 5.75 Å². The summed E-state index contributed by atoms with van der Waals surface area (Å²) in [7, 11) is 1.59. The van der Waals surface area contributed by atoms with Gasteiger partial charge in [-0.2, -0.15) is 0 Å². The molecule has 0 bridgehead atoms. The third-order valence-electron chi connectivity index (χ3n) is 3.72. The number of ether oxygens (including phenoxy) is 1. The summed E-state index contributed by atoms with van der Waals surface area (Å²) < 4.78 is 5.41. The van der Waals surface area contributed by atoms with Crippen LogP contribution < -0.4 is 10.1 Å². The number of hydrogen-bond acceptors (Lipinski definition) is 4. The Labute approximate surface area is 125 Å². The highest BCUT2D eigenvalue weighted by molar-refractivity contribution is 6.32. The lowest BCUT2D eigenvalue weighted by atomic mass is 9.99. The summed E-state index contributed by atoms with van der Waals surface area (Å²) in [5.74, 6) is 0.721. The Bertz CT molecular complexity index is 511. The van der Waals surface area contributed by atoms with E-state index in [1.165, 1.54) is 0 Å². The summed E-state index contributed by atoms with van der Waals surface area (Å²) in [5, 5.41) is 3.90. The molecule has 1 saturated heterocycles. The van der Waals surface area contributed by atoms with Crippen molar-refractivity contribution in [3.05, 3.63) is 27.8 Å². The van der Waals surface area contributed by atoms with Crippen LogP contribution in [-0.4, -0.2) is 50.5 Å². The summed E-state index contributed by atoms with van der Waals surface area (Å²) in [5.41, 5.74) is 2.32. The highest BCUT2D eigenvalue weighted by Gasteiger charge is 2.22. The molecule has 0 saturated carbocycles. The Morgan fingerprint density at radius 1 is 1.40 bits per heavy atom. The number of ketones is 1. The molecule has 0 aromatic heterocycles. The monoisotopic (exact) mass is 296 g/mol.